The second-order valence-corrected chi connectivity index (χ2v) is 11.1. The molecule has 0 spiro atoms. The van der Waals surface area contributed by atoms with Crippen LogP contribution in [0.3, 0.4) is 0 Å². The van der Waals surface area contributed by atoms with Gasteiger partial charge in [0.2, 0.25) is 5.91 Å². The Morgan fingerprint density at radius 1 is 1.19 bits per heavy atom. The van der Waals surface area contributed by atoms with Gasteiger partial charge in [-0.05, 0) is 46.8 Å². The summed E-state index contributed by atoms with van der Waals surface area (Å²) in [5.74, 6) is 0.622. The highest BCUT2D eigenvalue weighted by Gasteiger charge is 2.42. The molecule has 3 N–H and O–H groups in total. The Labute approximate surface area is 220 Å². The van der Waals surface area contributed by atoms with Gasteiger partial charge in [0.05, 0.1) is 24.9 Å². The fourth-order valence-electron chi connectivity index (χ4n) is 4.09. The zero-order chi connectivity index (χ0) is 26.9. The van der Waals surface area contributed by atoms with Crippen molar-refractivity contribution >= 4 is 39.4 Å². The molecule has 3 heterocycles. The molecule has 3 aromatic rings. The topological polar surface area (TPSA) is 129 Å². The molecule has 0 radical (unpaired) electrons. The number of pyridine rings is 1. The molecule has 11 heteroatoms. The third kappa shape index (κ3) is 6.22. The molecule has 2 amide bonds. The maximum atomic E-state index is 12.8. The summed E-state index contributed by atoms with van der Waals surface area (Å²) in [5, 5.41) is 6.81. The van der Waals surface area contributed by atoms with E-state index in [9.17, 15) is 9.59 Å². The van der Waals surface area contributed by atoms with Gasteiger partial charge >= 0.3 is 6.09 Å². The van der Waals surface area contributed by atoms with Crippen LogP contribution in [0.25, 0.3) is 22.3 Å². The highest BCUT2D eigenvalue weighted by Crippen LogP contribution is 2.35. The number of primary amides is 1. The molecule has 1 aromatic carbocycles. The first-order chi connectivity index (χ1) is 17.4. The van der Waals surface area contributed by atoms with Gasteiger partial charge in [0.1, 0.15) is 34.9 Å². The van der Waals surface area contributed by atoms with Gasteiger partial charge in [0.25, 0.3) is 0 Å². The Bertz CT molecular complexity index is 1300. The number of anilines is 1. The van der Waals surface area contributed by atoms with E-state index in [0.717, 1.165) is 10.5 Å². The summed E-state index contributed by atoms with van der Waals surface area (Å²) in [7, 11) is 1.60. The standard InChI is InChI=1S/C26H33N5O5S/c1-14(2)28-24-30-20(13-37-24)19-11-22(17-8-7-15(34-6)9-18(17)29-19)35-16-10-21(23(27)32)31(12-16)25(33)36-26(3,4)5/h7-9,11,13-14,16,21H,10,12H2,1-6H3,(H2,27,32)(H,28,30)/t16-,21+/m1/s1. The zero-order valence-corrected chi connectivity index (χ0v) is 22.7. The summed E-state index contributed by atoms with van der Waals surface area (Å²) in [6.07, 6.45) is -0.817. The first-order valence-corrected chi connectivity index (χ1v) is 13.0. The van der Waals surface area contributed by atoms with Crippen LogP contribution in [0, 0.1) is 0 Å². The Kier molecular flexibility index (Phi) is 7.44. The molecule has 198 valence electrons. The number of hydrogen-bond acceptors (Lipinski definition) is 9. The second-order valence-electron chi connectivity index (χ2n) is 10.3. The molecular formula is C26H33N5O5S. The Morgan fingerprint density at radius 3 is 2.59 bits per heavy atom. The van der Waals surface area contributed by atoms with Gasteiger partial charge in [-0.2, -0.15) is 0 Å². The van der Waals surface area contributed by atoms with Crippen LogP contribution in [0.2, 0.25) is 0 Å². The van der Waals surface area contributed by atoms with Gasteiger partial charge in [-0.1, -0.05) is 0 Å². The predicted octanol–water partition coefficient (Wildman–Crippen LogP) is 4.43. The predicted molar refractivity (Wildman–Crippen MR) is 143 cm³/mol. The Morgan fingerprint density at radius 2 is 1.95 bits per heavy atom. The van der Waals surface area contributed by atoms with E-state index >= 15 is 0 Å². The highest BCUT2D eigenvalue weighted by atomic mass is 32.1. The highest BCUT2D eigenvalue weighted by molar-refractivity contribution is 7.14. The SMILES string of the molecule is COc1ccc2c(O[C@@H]3C[C@@H](C(N)=O)N(C(=O)OC(C)(C)C)C3)cc(-c3csc(NC(C)C)n3)nc2c1. The minimum absolute atomic E-state index is 0.164. The lowest BCUT2D eigenvalue weighted by Gasteiger charge is -2.27. The van der Waals surface area contributed by atoms with E-state index in [4.69, 9.17) is 24.9 Å². The number of rotatable bonds is 7. The molecule has 0 unspecified atom stereocenters. The fourth-order valence-corrected chi connectivity index (χ4v) is 4.94. The summed E-state index contributed by atoms with van der Waals surface area (Å²) in [6.45, 7) is 9.58. The minimum Gasteiger partial charge on any atom is -0.497 e. The first-order valence-electron chi connectivity index (χ1n) is 12.1. The smallest absolute Gasteiger partial charge is 0.411 e. The van der Waals surface area contributed by atoms with Crippen LogP contribution in [0.1, 0.15) is 41.0 Å². The summed E-state index contributed by atoms with van der Waals surface area (Å²) in [5.41, 5.74) is 6.94. The fraction of sp³-hybridized carbons (Fsp3) is 0.462. The van der Waals surface area contributed by atoms with Crippen LogP contribution in [0.5, 0.6) is 11.5 Å². The summed E-state index contributed by atoms with van der Waals surface area (Å²) in [4.78, 5) is 35.8. The molecule has 1 saturated heterocycles. The van der Waals surface area contributed by atoms with E-state index in [2.05, 4.69) is 24.1 Å². The van der Waals surface area contributed by atoms with Crippen molar-refractivity contribution in [2.45, 2.75) is 64.8 Å². The van der Waals surface area contributed by atoms with Crippen molar-refractivity contribution < 1.29 is 23.8 Å². The molecule has 10 nitrogen and oxygen atoms in total. The van der Waals surface area contributed by atoms with Crippen LogP contribution < -0.4 is 20.5 Å². The first kappa shape index (κ1) is 26.5. The third-order valence-corrected chi connectivity index (χ3v) is 6.44. The van der Waals surface area contributed by atoms with Crippen molar-refractivity contribution in [3.8, 4) is 22.9 Å². The van der Waals surface area contributed by atoms with Crippen molar-refractivity contribution in [3.05, 3.63) is 29.6 Å². The Hall–Kier alpha value is -3.60. The number of methoxy groups -OCH3 is 1. The maximum Gasteiger partial charge on any atom is 0.411 e. The number of benzene rings is 1. The number of thiazole rings is 1. The van der Waals surface area contributed by atoms with Crippen LogP contribution in [-0.4, -0.2) is 64.3 Å². The molecule has 37 heavy (non-hydrogen) atoms. The molecule has 2 atom stereocenters. The molecule has 0 bridgehead atoms. The lowest BCUT2D eigenvalue weighted by molar-refractivity contribution is -0.122. The van der Waals surface area contributed by atoms with Gasteiger partial charge in [-0.15, -0.1) is 11.3 Å². The molecule has 1 fully saturated rings. The number of nitrogens with two attached hydrogens (primary N) is 1. The minimum atomic E-state index is -0.823. The van der Waals surface area contributed by atoms with Gasteiger partial charge in [-0.25, -0.2) is 14.8 Å². The maximum absolute atomic E-state index is 12.8. The Balaban J connectivity index is 1.67. The number of hydrogen-bond donors (Lipinski definition) is 2. The lowest BCUT2D eigenvalue weighted by Crippen LogP contribution is -2.45. The van der Waals surface area contributed by atoms with Crippen LogP contribution >= 0.6 is 11.3 Å². The summed E-state index contributed by atoms with van der Waals surface area (Å²) in [6, 6.07) is 6.80. The molecule has 0 aliphatic carbocycles. The van der Waals surface area contributed by atoms with Gasteiger partial charge in [0, 0.05) is 35.4 Å². The van der Waals surface area contributed by atoms with Gasteiger partial charge in [-0.3, -0.25) is 9.69 Å². The second kappa shape index (κ2) is 10.4. The van der Waals surface area contributed by atoms with E-state index < -0.39 is 29.7 Å². The number of amides is 2. The quantitative estimate of drug-likeness (QED) is 0.462. The summed E-state index contributed by atoms with van der Waals surface area (Å²) < 4.78 is 17.3. The number of nitrogens with one attached hydrogen (secondary N) is 1. The molecule has 1 aliphatic rings. The van der Waals surface area contributed by atoms with Crippen molar-refractivity contribution in [2.24, 2.45) is 5.73 Å². The van der Waals surface area contributed by atoms with Crippen LogP contribution in [0.4, 0.5) is 9.93 Å². The van der Waals surface area contributed by atoms with E-state index in [-0.39, 0.29) is 19.0 Å². The summed E-state index contributed by atoms with van der Waals surface area (Å²) >= 11 is 1.50. The number of carbonyl (C=O) groups excluding carboxylic acids is 2. The third-order valence-electron chi connectivity index (χ3n) is 5.67. The van der Waals surface area contributed by atoms with Gasteiger partial charge in [0.15, 0.2) is 5.13 Å². The molecule has 0 saturated carbocycles. The number of aromatic nitrogens is 2. The van der Waals surface area contributed by atoms with Crippen molar-refractivity contribution in [1.82, 2.24) is 14.9 Å². The number of likely N-dealkylation sites (tertiary alicyclic amines) is 1. The van der Waals surface area contributed by atoms with E-state index in [1.807, 2.05) is 29.6 Å². The van der Waals surface area contributed by atoms with Crippen LogP contribution in [-0.2, 0) is 9.53 Å². The molecular weight excluding hydrogens is 494 g/mol. The van der Waals surface area contributed by atoms with E-state index in [1.165, 1.54) is 16.2 Å². The van der Waals surface area contributed by atoms with E-state index in [0.29, 0.717) is 28.4 Å². The monoisotopic (exact) mass is 527 g/mol. The number of carbonyl (C=O) groups is 2. The van der Waals surface area contributed by atoms with Crippen molar-refractivity contribution in [1.29, 1.82) is 0 Å². The zero-order valence-electron chi connectivity index (χ0n) is 21.9. The molecule has 1 aliphatic heterocycles. The van der Waals surface area contributed by atoms with Crippen molar-refractivity contribution in [2.75, 3.05) is 19.0 Å². The number of fused-ring (bicyclic) bond motifs is 1. The number of nitrogens with zero attached hydrogens (tertiary/aromatic N) is 3. The number of ether oxygens (including phenoxy) is 3. The van der Waals surface area contributed by atoms with Crippen LogP contribution in [0.15, 0.2) is 29.6 Å². The average molecular weight is 528 g/mol. The largest absolute Gasteiger partial charge is 0.497 e. The molecule has 4 rings (SSSR count). The normalized spacial score (nSPS) is 17.8. The van der Waals surface area contributed by atoms with E-state index in [1.54, 1.807) is 27.9 Å². The molecule has 2 aromatic heterocycles. The van der Waals surface area contributed by atoms with Crippen molar-refractivity contribution in [3.63, 3.8) is 0 Å². The lowest BCUT2D eigenvalue weighted by atomic mass is 10.1. The average Bonchev–Trinajstić information content (AvgIpc) is 3.44. The van der Waals surface area contributed by atoms with Gasteiger partial charge < -0.3 is 25.3 Å².